The molecule has 1 aromatic heterocycles. The Hall–Kier alpha value is -1.36. The molecule has 0 bridgehead atoms. The van der Waals surface area contributed by atoms with E-state index in [2.05, 4.69) is 29.6 Å². The molecule has 1 unspecified atom stereocenters. The maximum Gasteiger partial charge on any atom is 0.221 e. The first-order valence-corrected chi connectivity index (χ1v) is 7.16. The lowest BCUT2D eigenvalue weighted by Crippen LogP contribution is -2.41. The Balaban J connectivity index is 2.48. The fourth-order valence-electron chi connectivity index (χ4n) is 2.40. The maximum atomic E-state index is 11.7. The molecule has 20 heavy (non-hydrogen) atoms. The molecule has 0 fully saturated rings. The van der Waals surface area contributed by atoms with Crippen molar-refractivity contribution in [3.8, 4) is 0 Å². The van der Waals surface area contributed by atoms with E-state index in [1.54, 1.807) is 0 Å². The SMILES string of the molecule is Cc1nn(C)c(C)c1C(C)NCCC(=O)NC(C)(C)C. The lowest BCUT2D eigenvalue weighted by Gasteiger charge is -2.21. The Morgan fingerprint density at radius 1 is 1.35 bits per heavy atom. The summed E-state index contributed by atoms with van der Waals surface area (Å²) in [4.78, 5) is 11.7. The number of rotatable bonds is 5. The molecular formula is C15H28N4O. The average molecular weight is 280 g/mol. The van der Waals surface area contributed by atoms with Crippen LogP contribution in [-0.4, -0.2) is 27.8 Å². The van der Waals surface area contributed by atoms with Gasteiger partial charge in [0.05, 0.1) is 5.69 Å². The Labute approximate surface area is 122 Å². The summed E-state index contributed by atoms with van der Waals surface area (Å²) in [6, 6.07) is 0.200. The van der Waals surface area contributed by atoms with Crippen molar-refractivity contribution in [2.24, 2.45) is 7.05 Å². The number of carbonyl (C=O) groups excluding carboxylic acids is 1. The van der Waals surface area contributed by atoms with E-state index < -0.39 is 0 Å². The Bertz CT molecular complexity index is 471. The highest BCUT2D eigenvalue weighted by atomic mass is 16.1. The van der Waals surface area contributed by atoms with Gasteiger partial charge in [-0.15, -0.1) is 0 Å². The van der Waals surface area contributed by atoms with Crippen LogP contribution >= 0.6 is 0 Å². The minimum absolute atomic E-state index is 0.0804. The second-order valence-electron chi connectivity index (χ2n) is 6.43. The molecule has 0 aliphatic rings. The van der Waals surface area contributed by atoms with Gasteiger partial charge >= 0.3 is 0 Å². The van der Waals surface area contributed by atoms with Crippen molar-refractivity contribution in [1.29, 1.82) is 0 Å². The molecule has 1 rings (SSSR count). The van der Waals surface area contributed by atoms with Crippen LogP contribution in [-0.2, 0) is 11.8 Å². The molecule has 5 heteroatoms. The number of hydrogen-bond donors (Lipinski definition) is 2. The largest absolute Gasteiger partial charge is 0.351 e. The summed E-state index contributed by atoms with van der Waals surface area (Å²) in [5.41, 5.74) is 3.27. The molecule has 0 saturated carbocycles. The van der Waals surface area contributed by atoms with Gasteiger partial charge in [-0.25, -0.2) is 0 Å². The van der Waals surface area contributed by atoms with Crippen LogP contribution in [0, 0.1) is 13.8 Å². The minimum atomic E-state index is -0.167. The van der Waals surface area contributed by atoms with Crippen LogP contribution in [0.15, 0.2) is 0 Å². The standard InChI is InChI=1S/C15H28N4O/c1-10(14-11(2)18-19(7)12(14)3)16-9-8-13(20)17-15(4,5)6/h10,16H,8-9H2,1-7H3,(H,17,20). The number of aromatic nitrogens is 2. The van der Waals surface area contributed by atoms with Crippen LogP contribution < -0.4 is 10.6 Å². The first-order chi connectivity index (χ1) is 9.11. The molecule has 0 saturated heterocycles. The van der Waals surface area contributed by atoms with Crippen LogP contribution in [0.2, 0.25) is 0 Å². The van der Waals surface area contributed by atoms with E-state index in [1.807, 2.05) is 39.4 Å². The summed E-state index contributed by atoms with van der Waals surface area (Å²) >= 11 is 0. The van der Waals surface area contributed by atoms with Crippen LogP contribution in [0.1, 0.15) is 57.1 Å². The summed E-state index contributed by atoms with van der Waals surface area (Å²) < 4.78 is 1.90. The molecule has 2 N–H and O–H groups in total. The topological polar surface area (TPSA) is 59.0 Å². The number of amides is 1. The number of aryl methyl sites for hydroxylation is 2. The summed E-state index contributed by atoms with van der Waals surface area (Å²) in [5, 5.41) is 10.8. The lowest BCUT2D eigenvalue weighted by atomic mass is 10.1. The van der Waals surface area contributed by atoms with E-state index in [4.69, 9.17) is 0 Å². The zero-order valence-corrected chi connectivity index (χ0v) is 13.8. The zero-order valence-electron chi connectivity index (χ0n) is 13.8. The molecule has 0 aliphatic carbocycles. The van der Waals surface area contributed by atoms with Gasteiger partial charge in [0, 0.05) is 42.9 Å². The number of hydrogen-bond acceptors (Lipinski definition) is 3. The van der Waals surface area contributed by atoms with Crippen molar-refractivity contribution >= 4 is 5.91 Å². The third-order valence-corrected chi connectivity index (χ3v) is 3.32. The molecule has 0 radical (unpaired) electrons. The monoisotopic (exact) mass is 280 g/mol. The van der Waals surface area contributed by atoms with Gasteiger partial charge in [0.2, 0.25) is 5.91 Å². The second kappa shape index (κ2) is 6.39. The smallest absolute Gasteiger partial charge is 0.221 e. The van der Waals surface area contributed by atoms with E-state index in [-0.39, 0.29) is 17.5 Å². The van der Waals surface area contributed by atoms with Gasteiger partial charge in [-0.05, 0) is 41.5 Å². The molecule has 5 nitrogen and oxygen atoms in total. The van der Waals surface area contributed by atoms with E-state index in [0.29, 0.717) is 13.0 Å². The van der Waals surface area contributed by atoms with E-state index >= 15 is 0 Å². The minimum Gasteiger partial charge on any atom is -0.351 e. The van der Waals surface area contributed by atoms with E-state index in [9.17, 15) is 4.79 Å². The molecule has 1 amide bonds. The lowest BCUT2D eigenvalue weighted by molar-refractivity contribution is -0.122. The van der Waals surface area contributed by atoms with Gasteiger partial charge in [0.15, 0.2) is 0 Å². The Kier molecular flexibility index (Phi) is 5.34. The predicted molar refractivity (Wildman–Crippen MR) is 81.6 cm³/mol. The fourth-order valence-corrected chi connectivity index (χ4v) is 2.40. The third-order valence-electron chi connectivity index (χ3n) is 3.32. The van der Waals surface area contributed by atoms with Crippen molar-refractivity contribution < 1.29 is 4.79 Å². The van der Waals surface area contributed by atoms with Gasteiger partial charge < -0.3 is 10.6 Å². The first-order valence-electron chi connectivity index (χ1n) is 7.16. The molecule has 0 aliphatic heterocycles. The zero-order chi connectivity index (χ0) is 15.5. The normalized spacial score (nSPS) is 13.3. The molecule has 1 heterocycles. The van der Waals surface area contributed by atoms with Gasteiger partial charge in [-0.2, -0.15) is 5.10 Å². The predicted octanol–water partition coefficient (Wildman–Crippen LogP) is 1.99. The van der Waals surface area contributed by atoms with Crippen LogP contribution in [0.25, 0.3) is 0 Å². The summed E-state index contributed by atoms with van der Waals surface area (Å²) in [6.07, 6.45) is 0.486. The average Bonchev–Trinajstić information content (AvgIpc) is 2.50. The highest BCUT2D eigenvalue weighted by molar-refractivity contribution is 5.76. The first kappa shape index (κ1) is 16.7. The molecule has 0 aromatic carbocycles. The van der Waals surface area contributed by atoms with Gasteiger partial charge in [0.1, 0.15) is 0 Å². The van der Waals surface area contributed by atoms with Crippen molar-refractivity contribution in [3.05, 3.63) is 17.0 Å². The summed E-state index contributed by atoms with van der Waals surface area (Å²) in [6.45, 7) is 12.8. The summed E-state index contributed by atoms with van der Waals surface area (Å²) in [5.74, 6) is 0.0804. The quantitative estimate of drug-likeness (QED) is 0.867. The van der Waals surface area contributed by atoms with E-state index in [0.717, 1.165) is 5.69 Å². The third kappa shape index (κ3) is 4.63. The highest BCUT2D eigenvalue weighted by Crippen LogP contribution is 2.20. The van der Waals surface area contributed by atoms with Gasteiger partial charge in [0.25, 0.3) is 0 Å². The summed E-state index contributed by atoms with van der Waals surface area (Å²) in [7, 11) is 1.95. The van der Waals surface area contributed by atoms with Gasteiger partial charge in [-0.1, -0.05) is 0 Å². The molecule has 1 atom stereocenters. The number of nitrogens with zero attached hydrogens (tertiary/aromatic N) is 2. The van der Waals surface area contributed by atoms with Crippen molar-refractivity contribution in [1.82, 2.24) is 20.4 Å². The van der Waals surface area contributed by atoms with Gasteiger partial charge in [-0.3, -0.25) is 9.48 Å². The van der Waals surface area contributed by atoms with Crippen LogP contribution in [0.4, 0.5) is 0 Å². The molecule has 114 valence electrons. The van der Waals surface area contributed by atoms with Crippen molar-refractivity contribution in [2.45, 2.75) is 59.5 Å². The second-order valence-corrected chi connectivity index (χ2v) is 6.43. The number of nitrogens with one attached hydrogen (secondary N) is 2. The Morgan fingerprint density at radius 2 is 1.95 bits per heavy atom. The highest BCUT2D eigenvalue weighted by Gasteiger charge is 2.17. The molecule has 0 spiro atoms. The van der Waals surface area contributed by atoms with Crippen molar-refractivity contribution in [3.63, 3.8) is 0 Å². The maximum absolute atomic E-state index is 11.7. The Morgan fingerprint density at radius 3 is 2.40 bits per heavy atom. The number of carbonyl (C=O) groups is 1. The molecule has 1 aromatic rings. The van der Waals surface area contributed by atoms with Crippen LogP contribution in [0.5, 0.6) is 0 Å². The van der Waals surface area contributed by atoms with E-state index in [1.165, 1.54) is 11.3 Å². The van der Waals surface area contributed by atoms with Crippen molar-refractivity contribution in [2.75, 3.05) is 6.54 Å². The fraction of sp³-hybridized carbons (Fsp3) is 0.733. The molecular weight excluding hydrogens is 252 g/mol. The van der Waals surface area contributed by atoms with Crippen LogP contribution in [0.3, 0.4) is 0 Å².